The monoisotopic (exact) mass is 283 g/mol. The molecule has 100 valence electrons. The lowest BCUT2D eigenvalue weighted by Crippen LogP contribution is -2.10. The highest BCUT2D eigenvalue weighted by Gasteiger charge is 2.12. The molecule has 1 amide bonds. The quantitative estimate of drug-likeness (QED) is 0.693. The Kier molecular flexibility index (Phi) is 3.16. The van der Waals surface area contributed by atoms with E-state index >= 15 is 0 Å². The number of aromatic hydroxyl groups is 1. The first kappa shape index (κ1) is 12.7. The van der Waals surface area contributed by atoms with E-state index in [-0.39, 0.29) is 11.7 Å². The summed E-state index contributed by atoms with van der Waals surface area (Å²) in [5.41, 5.74) is 1.38. The van der Waals surface area contributed by atoms with Crippen LogP contribution in [0.1, 0.15) is 15.2 Å². The van der Waals surface area contributed by atoms with Crippen molar-refractivity contribution in [2.75, 3.05) is 5.32 Å². The van der Waals surface area contributed by atoms with Gasteiger partial charge in [-0.1, -0.05) is 24.3 Å². The molecule has 0 atom stereocenters. The predicted molar refractivity (Wildman–Crippen MR) is 82.6 cm³/mol. The first-order chi connectivity index (χ1) is 9.63. The number of phenols is 1. The summed E-state index contributed by atoms with van der Waals surface area (Å²) in [4.78, 5) is 12.8. The standard InChI is InChI=1S/C16H13NO2S/c1-10-6-7-12(13(18)8-10)17-16(19)15-9-11-4-2-3-5-14(11)20-15/h2-9,18H,1H3,(H,17,19). The van der Waals surface area contributed by atoms with E-state index in [4.69, 9.17) is 0 Å². The average Bonchev–Trinajstić information content (AvgIpc) is 2.86. The lowest BCUT2D eigenvalue weighted by Gasteiger charge is -2.06. The number of rotatable bonds is 2. The van der Waals surface area contributed by atoms with E-state index in [1.165, 1.54) is 11.3 Å². The van der Waals surface area contributed by atoms with E-state index in [9.17, 15) is 9.90 Å². The van der Waals surface area contributed by atoms with Gasteiger partial charge in [-0.3, -0.25) is 4.79 Å². The molecule has 3 rings (SSSR count). The molecule has 0 saturated heterocycles. The van der Waals surface area contributed by atoms with E-state index < -0.39 is 0 Å². The molecule has 0 saturated carbocycles. The van der Waals surface area contributed by atoms with Crippen LogP contribution in [0.3, 0.4) is 0 Å². The molecule has 0 spiro atoms. The fraction of sp³-hybridized carbons (Fsp3) is 0.0625. The van der Waals surface area contributed by atoms with Crippen molar-refractivity contribution >= 4 is 33.0 Å². The summed E-state index contributed by atoms with van der Waals surface area (Å²) in [7, 11) is 0. The molecule has 1 aromatic heterocycles. The Morgan fingerprint density at radius 1 is 1.15 bits per heavy atom. The number of carbonyl (C=O) groups excluding carboxylic acids is 1. The van der Waals surface area contributed by atoms with Crippen LogP contribution in [-0.2, 0) is 0 Å². The van der Waals surface area contributed by atoms with Crippen molar-refractivity contribution in [2.24, 2.45) is 0 Å². The number of hydrogen-bond donors (Lipinski definition) is 2. The Labute approximate surface area is 120 Å². The van der Waals surface area contributed by atoms with Crippen molar-refractivity contribution in [2.45, 2.75) is 6.92 Å². The van der Waals surface area contributed by atoms with Gasteiger partial charge in [0.05, 0.1) is 10.6 Å². The molecule has 0 fully saturated rings. The van der Waals surface area contributed by atoms with Crippen LogP contribution >= 0.6 is 11.3 Å². The number of amides is 1. The fourth-order valence-corrected chi connectivity index (χ4v) is 2.98. The molecule has 1 heterocycles. The predicted octanol–water partition coefficient (Wildman–Crippen LogP) is 4.17. The molecule has 0 radical (unpaired) electrons. The van der Waals surface area contributed by atoms with Gasteiger partial charge < -0.3 is 10.4 Å². The minimum absolute atomic E-state index is 0.0828. The summed E-state index contributed by atoms with van der Waals surface area (Å²) >= 11 is 1.44. The molecular weight excluding hydrogens is 270 g/mol. The summed E-state index contributed by atoms with van der Waals surface area (Å²) in [6.07, 6.45) is 0. The van der Waals surface area contributed by atoms with Crippen molar-refractivity contribution in [1.29, 1.82) is 0 Å². The van der Waals surface area contributed by atoms with Crippen LogP contribution in [0.5, 0.6) is 5.75 Å². The molecule has 2 N–H and O–H groups in total. The second-order valence-corrected chi connectivity index (χ2v) is 5.71. The molecule has 20 heavy (non-hydrogen) atoms. The van der Waals surface area contributed by atoms with Crippen LogP contribution in [0, 0.1) is 6.92 Å². The van der Waals surface area contributed by atoms with Gasteiger partial charge in [-0.2, -0.15) is 0 Å². The van der Waals surface area contributed by atoms with Gasteiger partial charge in [0.2, 0.25) is 0 Å². The number of carbonyl (C=O) groups is 1. The molecule has 3 aromatic rings. The van der Waals surface area contributed by atoms with Gasteiger partial charge in [-0.25, -0.2) is 0 Å². The van der Waals surface area contributed by atoms with Gasteiger partial charge in [-0.15, -0.1) is 11.3 Å². The smallest absolute Gasteiger partial charge is 0.265 e. The maximum atomic E-state index is 12.2. The van der Waals surface area contributed by atoms with E-state index in [1.54, 1.807) is 12.1 Å². The number of thiophene rings is 1. The number of benzene rings is 2. The average molecular weight is 283 g/mol. The highest BCUT2D eigenvalue weighted by molar-refractivity contribution is 7.20. The topological polar surface area (TPSA) is 49.3 Å². The maximum Gasteiger partial charge on any atom is 0.265 e. The van der Waals surface area contributed by atoms with E-state index in [0.29, 0.717) is 10.6 Å². The Balaban J connectivity index is 1.89. The van der Waals surface area contributed by atoms with Crippen molar-refractivity contribution < 1.29 is 9.90 Å². The second kappa shape index (κ2) is 4.98. The lowest BCUT2D eigenvalue weighted by molar-refractivity contribution is 0.103. The van der Waals surface area contributed by atoms with Gasteiger partial charge in [0.15, 0.2) is 0 Å². The second-order valence-electron chi connectivity index (χ2n) is 4.62. The van der Waals surface area contributed by atoms with E-state index in [0.717, 1.165) is 15.6 Å². The molecule has 2 aromatic carbocycles. The summed E-state index contributed by atoms with van der Waals surface area (Å²) in [5, 5.41) is 13.6. The van der Waals surface area contributed by atoms with Gasteiger partial charge in [0.25, 0.3) is 5.91 Å². The van der Waals surface area contributed by atoms with Crippen LogP contribution in [0.2, 0.25) is 0 Å². The van der Waals surface area contributed by atoms with Crippen LogP contribution < -0.4 is 5.32 Å². The van der Waals surface area contributed by atoms with E-state index in [1.807, 2.05) is 43.3 Å². The maximum absolute atomic E-state index is 12.2. The number of phenolic OH excluding ortho intramolecular Hbond substituents is 1. The third kappa shape index (κ3) is 2.38. The molecule has 0 aliphatic heterocycles. The number of aryl methyl sites for hydroxylation is 1. The van der Waals surface area contributed by atoms with E-state index in [2.05, 4.69) is 5.32 Å². The normalized spacial score (nSPS) is 10.7. The molecule has 0 unspecified atom stereocenters. The fourth-order valence-electron chi connectivity index (χ4n) is 2.03. The summed E-state index contributed by atoms with van der Waals surface area (Å²) in [6.45, 7) is 1.89. The SMILES string of the molecule is Cc1ccc(NC(=O)c2cc3ccccc3s2)c(O)c1. The molecule has 4 heteroatoms. The molecule has 0 aliphatic rings. The first-order valence-corrected chi connectivity index (χ1v) is 7.05. The van der Waals surface area contributed by atoms with Crippen molar-refractivity contribution in [3.8, 4) is 5.75 Å². The lowest BCUT2D eigenvalue weighted by atomic mass is 10.2. The Hall–Kier alpha value is -2.33. The van der Waals surface area contributed by atoms with Crippen molar-refractivity contribution in [1.82, 2.24) is 0 Å². The van der Waals surface area contributed by atoms with Crippen LogP contribution in [-0.4, -0.2) is 11.0 Å². The molecular formula is C16H13NO2S. The van der Waals surface area contributed by atoms with Crippen molar-refractivity contribution in [3.63, 3.8) is 0 Å². The van der Waals surface area contributed by atoms with Gasteiger partial charge in [0, 0.05) is 4.70 Å². The highest BCUT2D eigenvalue weighted by Crippen LogP contribution is 2.28. The third-order valence-corrected chi connectivity index (χ3v) is 4.17. The summed E-state index contributed by atoms with van der Waals surface area (Å²) in [6, 6.07) is 14.9. The minimum Gasteiger partial charge on any atom is -0.506 e. The molecule has 0 bridgehead atoms. The van der Waals surface area contributed by atoms with Crippen molar-refractivity contribution in [3.05, 3.63) is 59.0 Å². The zero-order valence-corrected chi connectivity index (χ0v) is 11.7. The molecule has 0 aliphatic carbocycles. The van der Waals surface area contributed by atoms with Crippen LogP contribution in [0.4, 0.5) is 5.69 Å². The van der Waals surface area contributed by atoms with Crippen LogP contribution in [0.15, 0.2) is 48.5 Å². The zero-order valence-electron chi connectivity index (χ0n) is 10.9. The third-order valence-electron chi connectivity index (χ3n) is 3.05. The zero-order chi connectivity index (χ0) is 14.1. The number of fused-ring (bicyclic) bond motifs is 1. The Morgan fingerprint density at radius 3 is 2.70 bits per heavy atom. The number of nitrogens with one attached hydrogen (secondary N) is 1. The first-order valence-electron chi connectivity index (χ1n) is 6.23. The Morgan fingerprint density at radius 2 is 1.95 bits per heavy atom. The molecule has 3 nitrogen and oxygen atoms in total. The van der Waals surface area contributed by atoms with Gasteiger partial charge in [0.1, 0.15) is 5.75 Å². The minimum atomic E-state index is -0.203. The summed E-state index contributed by atoms with van der Waals surface area (Å²) < 4.78 is 1.07. The number of anilines is 1. The van der Waals surface area contributed by atoms with Crippen LogP contribution in [0.25, 0.3) is 10.1 Å². The van der Waals surface area contributed by atoms with Gasteiger partial charge in [-0.05, 0) is 42.1 Å². The summed E-state index contributed by atoms with van der Waals surface area (Å²) in [5.74, 6) is -0.121. The highest BCUT2D eigenvalue weighted by atomic mass is 32.1. The Bertz CT molecular complexity index is 759. The number of hydrogen-bond acceptors (Lipinski definition) is 3. The largest absolute Gasteiger partial charge is 0.506 e. The van der Waals surface area contributed by atoms with Gasteiger partial charge >= 0.3 is 0 Å².